The van der Waals surface area contributed by atoms with E-state index in [1.807, 2.05) is 12.1 Å². The summed E-state index contributed by atoms with van der Waals surface area (Å²) in [5, 5.41) is 3.84. The van der Waals surface area contributed by atoms with E-state index in [1.165, 1.54) is 10.9 Å². The molecule has 0 radical (unpaired) electrons. The zero-order chi connectivity index (χ0) is 10.8. The monoisotopic (exact) mass is 205 g/mol. The lowest BCUT2D eigenvalue weighted by molar-refractivity contribution is 0.627. The molecule has 0 amide bonds. The summed E-state index contributed by atoms with van der Waals surface area (Å²) < 4.78 is 14.1. The van der Waals surface area contributed by atoms with Gasteiger partial charge in [-0.25, -0.2) is 14.1 Å². The Bertz CT molecular complexity index is 445. The van der Waals surface area contributed by atoms with E-state index in [9.17, 15) is 4.39 Å². The van der Waals surface area contributed by atoms with E-state index in [4.69, 9.17) is 0 Å². The summed E-state index contributed by atoms with van der Waals surface area (Å²) in [6.07, 6.45) is 4.26. The van der Waals surface area contributed by atoms with Gasteiger partial charge in [0, 0.05) is 6.20 Å². The number of hydrogen-bond acceptors (Lipinski definition) is 2. The summed E-state index contributed by atoms with van der Waals surface area (Å²) >= 11 is 0. The smallest absolute Gasteiger partial charge is 0.161 e. The maximum atomic E-state index is 12.7. The van der Waals surface area contributed by atoms with Gasteiger partial charge >= 0.3 is 0 Å². The number of rotatable bonds is 2. The van der Waals surface area contributed by atoms with E-state index in [0.717, 1.165) is 11.8 Å². The number of pyridine rings is 1. The van der Waals surface area contributed by atoms with Gasteiger partial charge in [0.15, 0.2) is 11.6 Å². The van der Waals surface area contributed by atoms with Crippen molar-refractivity contribution in [1.82, 2.24) is 14.8 Å². The lowest BCUT2D eigenvalue weighted by Gasteiger charge is -2.05. The molecular formula is C11H12FN3. The SMILES string of the molecule is CC(C)c1ccc(-n2cc(F)cn2)nc1. The molecule has 0 bridgehead atoms. The minimum Gasteiger partial charge on any atom is -0.237 e. The molecular weight excluding hydrogens is 193 g/mol. The minimum atomic E-state index is -0.357. The molecule has 0 aliphatic rings. The van der Waals surface area contributed by atoms with Crippen LogP contribution in [0.5, 0.6) is 0 Å². The first-order chi connectivity index (χ1) is 7.16. The first-order valence-electron chi connectivity index (χ1n) is 4.83. The molecule has 0 atom stereocenters. The van der Waals surface area contributed by atoms with E-state index in [0.29, 0.717) is 11.7 Å². The van der Waals surface area contributed by atoms with Crippen molar-refractivity contribution in [3.05, 3.63) is 42.1 Å². The van der Waals surface area contributed by atoms with Crippen molar-refractivity contribution < 1.29 is 4.39 Å². The molecule has 0 spiro atoms. The van der Waals surface area contributed by atoms with Gasteiger partial charge in [-0.3, -0.25) is 0 Å². The first-order valence-corrected chi connectivity index (χ1v) is 4.83. The summed E-state index contributed by atoms with van der Waals surface area (Å²) in [5.41, 5.74) is 1.16. The van der Waals surface area contributed by atoms with Gasteiger partial charge in [-0.15, -0.1) is 0 Å². The molecule has 4 heteroatoms. The van der Waals surface area contributed by atoms with Gasteiger partial charge in [-0.1, -0.05) is 19.9 Å². The molecule has 0 aliphatic carbocycles. The molecule has 0 saturated carbocycles. The van der Waals surface area contributed by atoms with Crippen LogP contribution in [0.15, 0.2) is 30.7 Å². The second-order valence-corrected chi connectivity index (χ2v) is 3.71. The average molecular weight is 205 g/mol. The maximum Gasteiger partial charge on any atom is 0.161 e. The van der Waals surface area contributed by atoms with Crippen LogP contribution in [-0.4, -0.2) is 14.8 Å². The highest BCUT2D eigenvalue weighted by atomic mass is 19.1. The third-order valence-corrected chi connectivity index (χ3v) is 2.22. The van der Waals surface area contributed by atoms with Crippen molar-refractivity contribution in [3.63, 3.8) is 0 Å². The number of hydrogen-bond donors (Lipinski definition) is 0. The van der Waals surface area contributed by atoms with Crippen LogP contribution in [0.4, 0.5) is 4.39 Å². The summed E-state index contributed by atoms with van der Waals surface area (Å²) in [6.45, 7) is 4.20. The van der Waals surface area contributed by atoms with Crippen molar-refractivity contribution in [3.8, 4) is 5.82 Å². The Morgan fingerprint density at radius 2 is 2.07 bits per heavy atom. The Balaban J connectivity index is 2.31. The highest BCUT2D eigenvalue weighted by molar-refractivity contribution is 5.25. The second-order valence-electron chi connectivity index (χ2n) is 3.71. The van der Waals surface area contributed by atoms with Crippen LogP contribution >= 0.6 is 0 Å². The van der Waals surface area contributed by atoms with Crippen LogP contribution in [0.1, 0.15) is 25.3 Å². The van der Waals surface area contributed by atoms with Gasteiger partial charge in [0.2, 0.25) is 0 Å². The third kappa shape index (κ3) is 2.03. The highest BCUT2D eigenvalue weighted by Gasteiger charge is 2.03. The average Bonchev–Trinajstić information content (AvgIpc) is 2.65. The Morgan fingerprint density at radius 1 is 1.27 bits per heavy atom. The molecule has 0 N–H and O–H groups in total. The van der Waals surface area contributed by atoms with Crippen molar-refractivity contribution in [1.29, 1.82) is 0 Å². The molecule has 2 aromatic rings. The van der Waals surface area contributed by atoms with Gasteiger partial charge in [-0.05, 0) is 17.5 Å². The molecule has 0 aromatic carbocycles. The van der Waals surface area contributed by atoms with Crippen LogP contribution in [0.3, 0.4) is 0 Å². The van der Waals surface area contributed by atoms with Crippen LogP contribution in [0, 0.1) is 5.82 Å². The van der Waals surface area contributed by atoms with Crippen LogP contribution in [0.2, 0.25) is 0 Å². The summed E-state index contributed by atoms with van der Waals surface area (Å²) in [5.74, 6) is 0.717. The highest BCUT2D eigenvalue weighted by Crippen LogP contribution is 2.14. The fourth-order valence-corrected chi connectivity index (χ4v) is 1.30. The molecule has 2 heterocycles. The summed E-state index contributed by atoms with van der Waals surface area (Å²) in [4.78, 5) is 4.22. The normalized spacial score (nSPS) is 10.9. The molecule has 0 fully saturated rings. The third-order valence-electron chi connectivity index (χ3n) is 2.22. The summed E-state index contributed by atoms with van der Waals surface area (Å²) in [6, 6.07) is 3.81. The summed E-state index contributed by atoms with van der Waals surface area (Å²) in [7, 11) is 0. The quantitative estimate of drug-likeness (QED) is 0.754. The lowest BCUT2D eigenvalue weighted by atomic mass is 10.1. The molecule has 0 aliphatic heterocycles. The number of halogens is 1. The van der Waals surface area contributed by atoms with Gasteiger partial charge < -0.3 is 0 Å². The Labute approximate surface area is 87.6 Å². The zero-order valence-electron chi connectivity index (χ0n) is 8.68. The van der Waals surface area contributed by atoms with E-state index in [-0.39, 0.29) is 5.82 Å². The van der Waals surface area contributed by atoms with Crippen LogP contribution in [0.25, 0.3) is 5.82 Å². The first kappa shape index (κ1) is 9.83. The second kappa shape index (κ2) is 3.81. The van der Waals surface area contributed by atoms with E-state index in [1.54, 1.807) is 6.20 Å². The molecule has 2 rings (SSSR count). The molecule has 3 nitrogen and oxygen atoms in total. The van der Waals surface area contributed by atoms with Gasteiger partial charge in [0.1, 0.15) is 0 Å². The van der Waals surface area contributed by atoms with Gasteiger partial charge in [0.05, 0.1) is 12.4 Å². The molecule has 0 unspecified atom stereocenters. The van der Waals surface area contributed by atoms with Crippen molar-refractivity contribution in [2.24, 2.45) is 0 Å². The fourth-order valence-electron chi connectivity index (χ4n) is 1.30. The largest absolute Gasteiger partial charge is 0.237 e. The predicted octanol–water partition coefficient (Wildman–Crippen LogP) is 2.53. The van der Waals surface area contributed by atoms with E-state index >= 15 is 0 Å². The molecule has 0 saturated heterocycles. The lowest BCUT2D eigenvalue weighted by Crippen LogP contribution is -1.98. The number of nitrogens with zero attached hydrogens (tertiary/aromatic N) is 3. The Hall–Kier alpha value is -1.71. The van der Waals surface area contributed by atoms with E-state index in [2.05, 4.69) is 23.9 Å². The van der Waals surface area contributed by atoms with E-state index < -0.39 is 0 Å². The molecule has 78 valence electrons. The van der Waals surface area contributed by atoms with Crippen molar-refractivity contribution >= 4 is 0 Å². The number of aromatic nitrogens is 3. The zero-order valence-corrected chi connectivity index (χ0v) is 8.68. The van der Waals surface area contributed by atoms with Crippen molar-refractivity contribution in [2.45, 2.75) is 19.8 Å². The standard InChI is InChI=1S/C11H12FN3/c1-8(2)9-3-4-11(13-5-9)15-7-10(12)6-14-15/h3-8H,1-2H3. The maximum absolute atomic E-state index is 12.7. The van der Waals surface area contributed by atoms with Gasteiger partial charge in [0.25, 0.3) is 0 Å². The van der Waals surface area contributed by atoms with Crippen molar-refractivity contribution in [2.75, 3.05) is 0 Å². The predicted molar refractivity (Wildman–Crippen MR) is 55.4 cm³/mol. The Kier molecular flexibility index (Phi) is 2.49. The van der Waals surface area contributed by atoms with Gasteiger partial charge in [-0.2, -0.15) is 5.10 Å². The van der Waals surface area contributed by atoms with Crippen LogP contribution < -0.4 is 0 Å². The van der Waals surface area contributed by atoms with Crippen LogP contribution in [-0.2, 0) is 0 Å². The fraction of sp³-hybridized carbons (Fsp3) is 0.273. The molecule has 15 heavy (non-hydrogen) atoms. The Morgan fingerprint density at radius 3 is 2.53 bits per heavy atom. The minimum absolute atomic E-state index is 0.357. The molecule has 2 aromatic heterocycles. The topological polar surface area (TPSA) is 30.7 Å².